The molecule has 0 aliphatic heterocycles. The van der Waals surface area contributed by atoms with Crippen LogP contribution in [0.5, 0.6) is 0 Å². The van der Waals surface area contributed by atoms with Crippen LogP contribution >= 0.6 is 0 Å². The zero-order valence-corrected chi connectivity index (χ0v) is 11.0. The van der Waals surface area contributed by atoms with Crippen molar-refractivity contribution >= 4 is 17.6 Å². The summed E-state index contributed by atoms with van der Waals surface area (Å²) in [6.07, 6.45) is -1.20. The average Bonchev–Trinajstić information content (AvgIpc) is 2.45. The fraction of sp³-hybridized carbons (Fsp3) is 0.333. The Kier molecular flexibility index (Phi) is 5.33. The van der Waals surface area contributed by atoms with Gasteiger partial charge in [-0.15, -0.1) is 0 Å². The largest absolute Gasteiger partial charge is 0.478 e. The molecule has 0 saturated carbocycles. The van der Waals surface area contributed by atoms with Crippen molar-refractivity contribution in [2.45, 2.75) is 19.1 Å². The highest BCUT2D eigenvalue weighted by atomic mass is 16.6. The normalized spacial score (nSPS) is 13.3. The van der Waals surface area contributed by atoms with Crippen molar-refractivity contribution in [3.05, 3.63) is 39.4 Å². The monoisotopic (exact) mass is 298 g/mol. The third-order valence-corrected chi connectivity index (χ3v) is 2.76. The number of aliphatic hydroxyl groups excluding tert-OH is 2. The standard InChI is InChI=1S/C12H14N2O7/c1-6(10(16)5-15)13-11(17)7-2-8(12(18)19)4-9(3-7)14(20)21/h2-4,6,10,15-16H,5H2,1H3,(H,13,17)(H,18,19). The number of rotatable bonds is 6. The number of aliphatic hydroxyl groups is 2. The molecule has 0 heterocycles. The van der Waals surface area contributed by atoms with Crippen molar-refractivity contribution in [1.29, 1.82) is 0 Å². The first-order chi connectivity index (χ1) is 9.76. The van der Waals surface area contributed by atoms with E-state index in [2.05, 4.69) is 5.32 Å². The Morgan fingerprint density at radius 2 is 1.90 bits per heavy atom. The van der Waals surface area contributed by atoms with E-state index in [1.807, 2.05) is 0 Å². The van der Waals surface area contributed by atoms with Crippen molar-refractivity contribution in [1.82, 2.24) is 5.32 Å². The summed E-state index contributed by atoms with van der Waals surface area (Å²) in [6, 6.07) is 1.95. The van der Waals surface area contributed by atoms with E-state index < -0.39 is 46.8 Å². The molecule has 0 spiro atoms. The number of nitro benzene ring substituents is 1. The molecule has 1 amide bonds. The molecule has 0 saturated heterocycles. The van der Waals surface area contributed by atoms with Gasteiger partial charge in [-0.25, -0.2) is 4.79 Å². The van der Waals surface area contributed by atoms with Crippen LogP contribution in [0.15, 0.2) is 18.2 Å². The van der Waals surface area contributed by atoms with E-state index in [4.69, 9.17) is 10.2 Å². The lowest BCUT2D eigenvalue weighted by Crippen LogP contribution is -2.42. The fourth-order valence-corrected chi connectivity index (χ4v) is 1.52. The molecule has 9 heteroatoms. The van der Waals surface area contributed by atoms with E-state index in [1.54, 1.807) is 0 Å². The Morgan fingerprint density at radius 1 is 1.33 bits per heavy atom. The molecule has 9 nitrogen and oxygen atoms in total. The first-order valence-electron chi connectivity index (χ1n) is 5.88. The maximum absolute atomic E-state index is 11.9. The maximum atomic E-state index is 11.9. The van der Waals surface area contributed by atoms with Crippen LogP contribution in [0.2, 0.25) is 0 Å². The fourth-order valence-electron chi connectivity index (χ4n) is 1.52. The second-order valence-corrected chi connectivity index (χ2v) is 4.34. The number of amides is 1. The van der Waals surface area contributed by atoms with Gasteiger partial charge in [-0.1, -0.05) is 0 Å². The Bertz CT molecular complexity index is 540. The lowest BCUT2D eigenvalue weighted by molar-refractivity contribution is -0.384. The average molecular weight is 298 g/mol. The Morgan fingerprint density at radius 3 is 2.38 bits per heavy atom. The number of carboxylic acid groups (broad SMARTS) is 1. The SMILES string of the molecule is CC(NC(=O)c1cc(C(=O)O)cc([N+](=O)[O-])c1)C(O)CO. The molecule has 0 aromatic heterocycles. The predicted molar refractivity (Wildman–Crippen MR) is 70.1 cm³/mol. The summed E-state index contributed by atoms with van der Waals surface area (Å²) in [5.41, 5.74) is -1.15. The van der Waals surface area contributed by atoms with Gasteiger partial charge < -0.3 is 20.6 Å². The molecule has 1 rings (SSSR count). The zero-order valence-electron chi connectivity index (χ0n) is 11.0. The molecular weight excluding hydrogens is 284 g/mol. The lowest BCUT2D eigenvalue weighted by Gasteiger charge is -2.18. The van der Waals surface area contributed by atoms with Gasteiger partial charge in [0.1, 0.15) is 0 Å². The van der Waals surface area contributed by atoms with Gasteiger partial charge >= 0.3 is 5.97 Å². The second-order valence-electron chi connectivity index (χ2n) is 4.34. The molecule has 4 N–H and O–H groups in total. The molecule has 0 radical (unpaired) electrons. The number of nitrogens with zero attached hydrogens (tertiary/aromatic N) is 1. The van der Waals surface area contributed by atoms with Crippen LogP contribution < -0.4 is 5.32 Å². The molecule has 1 aromatic carbocycles. The van der Waals surface area contributed by atoms with Crippen LogP contribution in [0.25, 0.3) is 0 Å². The van der Waals surface area contributed by atoms with E-state index in [1.165, 1.54) is 6.92 Å². The third-order valence-electron chi connectivity index (χ3n) is 2.76. The minimum atomic E-state index is -1.41. The molecule has 0 aliphatic rings. The van der Waals surface area contributed by atoms with Crippen LogP contribution in [0, 0.1) is 10.1 Å². The number of nitrogens with one attached hydrogen (secondary N) is 1. The van der Waals surface area contributed by atoms with Crippen molar-refractivity contribution in [2.24, 2.45) is 0 Å². The number of hydrogen-bond donors (Lipinski definition) is 4. The predicted octanol–water partition coefficient (Wildman–Crippen LogP) is -0.235. The van der Waals surface area contributed by atoms with Gasteiger partial charge in [0.15, 0.2) is 0 Å². The van der Waals surface area contributed by atoms with Crippen molar-refractivity contribution in [3.8, 4) is 0 Å². The molecule has 114 valence electrons. The molecule has 2 unspecified atom stereocenters. The first-order valence-corrected chi connectivity index (χ1v) is 5.88. The number of aromatic carboxylic acids is 1. The van der Waals surface area contributed by atoms with Crippen LogP contribution in [-0.4, -0.2) is 50.9 Å². The molecule has 0 aliphatic carbocycles. The summed E-state index contributed by atoms with van der Waals surface area (Å²) in [4.78, 5) is 32.7. The summed E-state index contributed by atoms with van der Waals surface area (Å²) < 4.78 is 0. The minimum Gasteiger partial charge on any atom is -0.478 e. The van der Waals surface area contributed by atoms with Gasteiger partial charge in [-0.3, -0.25) is 14.9 Å². The quantitative estimate of drug-likeness (QED) is 0.418. The lowest BCUT2D eigenvalue weighted by atomic mass is 10.1. The van der Waals surface area contributed by atoms with E-state index in [0.29, 0.717) is 0 Å². The summed E-state index contributed by atoms with van der Waals surface area (Å²) in [5, 5.41) is 40.0. The minimum absolute atomic E-state index is 0.224. The van der Waals surface area contributed by atoms with Crippen molar-refractivity contribution < 1.29 is 29.8 Å². The highest BCUT2D eigenvalue weighted by molar-refractivity contribution is 5.98. The smallest absolute Gasteiger partial charge is 0.335 e. The van der Waals surface area contributed by atoms with Gasteiger partial charge in [-0.2, -0.15) is 0 Å². The molecular formula is C12H14N2O7. The maximum Gasteiger partial charge on any atom is 0.335 e. The van der Waals surface area contributed by atoms with Gasteiger partial charge in [0.05, 0.1) is 29.2 Å². The number of nitro groups is 1. The van der Waals surface area contributed by atoms with Crippen LogP contribution in [0.4, 0.5) is 5.69 Å². The number of benzene rings is 1. The van der Waals surface area contributed by atoms with Crippen LogP contribution in [-0.2, 0) is 0 Å². The number of carbonyl (C=O) groups excluding carboxylic acids is 1. The number of hydrogen-bond acceptors (Lipinski definition) is 6. The summed E-state index contributed by atoms with van der Waals surface area (Å²) in [6.45, 7) is 0.852. The Labute approximate surface area is 119 Å². The van der Waals surface area contributed by atoms with E-state index >= 15 is 0 Å². The first kappa shape index (κ1) is 16.5. The van der Waals surface area contributed by atoms with Crippen molar-refractivity contribution in [2.75, 3.05) is 6.61 Å². The van der Waals surface area contributed by atoms with Gasteiger partial charge in [0.2, 0.25) is 0 Å². The molecule has 0 fully saturated rings. The van der Waals surface area contributed by atoms with E-state index in [0.717, 1.165) is 18.2 Å². The van der Waals surface area contributed by atoms with Crippen molar-refractivity contribution in [3.63, 3.8) is 0 Å². The highest BCUT2D eigenvalue weighted by Gasteiger charge is 2.20. The van der Waals surface area contributed by atoms with E-state index in [-0.39, 0.29) is 5.56 Å². The Balaban J connectivity index is 3.08. The van der Waals surface area contributed by atoms with Gasteiger partial charge in [0.25, 0.3) is 11.6 Å². The summed E-state index contributed by atoms with van der Waals surface area (Å²) >= 11 is 0. The van der Waals surface area contributed by atoms with Crippen LogP contribution in [0.1, 0.15) is 27.6 Å². The number of carboxylic acids is 1. The number of carbonyl (C=O) groups is 2. The van der Waals surface area contributed by atoms with Gasteiger partial charge in [0, 0.05) is 17.7 Å². The highest BCUT2D eigenvalue weighted by Crippen LogP contribution is 2.17. The third kappa shape index (κ3) is 4.23. The molecule has 21 heavy (non-hydrogen) atoms. The zero-order chi connectivity index (χ0) is 16.2. The molecule has 1 aromatic rings. The topological polar surface area (TPSA) is 150 Å². The van der Waals surface area contributed by atoms with E-state index in [9.17, 15) is 24.8 Å². The van der Waals surface area contributed by atoms with Gasteiger partial charge in [-0.05, 0) is 13.0 Å². The summed E-state index contributed by atoms with van der Waals surface area (Å²) in [5.74, 6) is -2.20. The molecule has 0 bridgehead atoms. The van der Waals surface area contributed by atoms with Crippen LogP contribution in [0.3, 0.4) is 0 Å². The molecule has 2 atom stereocenters. The second kappa shape index (κ2) is 6.77. The number of non-ortho nitro benzene ring substituents is 1. The Hall–Kier alpha value is -2.52. The summed E-state index contributed by atoms with van der Waals surface area (Å²) in [7, 11) is 0.